The van der Waals surface area contributed by atoms with Crippen LogP contribution in [0.5, 0.6) is 0 Å². The Hall–Kier alpha value is -2.20. The molecular formula is C21H26N2O2. The van der Waals surface area contributed by atoms with Crippen molar-refractivity contribution in [3.8, 4) is 0 Å². The molecule has 4 heteroatoms. The minimum Gasteiger partial charge on any atom is -0.396 e. The van der Waals surface area contributed by atoms with E-state index in [0.29, 0.717) is 19.4 Å². The van der Waals surface area contributed by atoms with Crippen molar-refractivity contribution in [3.63, 3.8) is 0 Å². The number of hydrogen-bond acceptors (Lipinski definition) is 3. The number of hydrogen-bond donors (Lipinski definition) is 1. The predicted molar refractivity (Wildman–Crippen MR) is 98.0 cm³/mol. The lowest BCUT2D eigenvalue weighted by Gasteiger charge is -2.42. The third-order valence-electron chi connectivity index (χ3n) is 5.09. The van der Waals surface area contributed by atoms with E-state index in [9.17, 15) is 9.90 Å². The largest absolute Gasteiger partial charge is 0.396 e. The van der Waals surface area contributed by atoms with Gasteiger partial charge in [-0.3, -0.25) is 9.78 Å². The molecule has 0 spiro atoms. The first-order valence-electron chi connectivity index (χ1n) is 9.03. The summed E-state index contributed by atoms with van der Waals surface area (Å²) < 4.78 is 0. The summed E-state index contributed by atoms with van der Waals surface area (Å²) in [4.78, 5) is 18.9. The molecule has 1 aromatic heterocycles. The SMILES string of the molecule is O=C(CCc1ccccn1)N1CCCC(CO)(Cc2ccccc2)C1. The lowest BCUT2D eigenvalue weighted by molar-refractivity contribution is -0.135. The molecule has 1 aliphatic heterocycles. The molecule has 0 aliphatic carbocycles. The van der Waals surface area contributed by atoms with E-state index < -0.39 is 0 Å². The normalized spacial score (nSPS) is 20.4. The number of amides is 1. The molecule has 1 unspecified atom stereocenters. The number of aliphatic hydroxyl groups excluding tert-OH is 1. The van der Waals surface area contributed by atoms with Gasteiger partial charge in [0.1, 0.15) is 0 Å². The molecule has 1 saturated heterocycles. The molecule has 0 saturated carbocycles. The number of likely N-dealkylation sites (tertiary alicyclic amines) is 1. The number of benzene rings is 1. The van der Waals surface area contributed by atoms with Gasteiger partial charge in [-0.05, 0) is 43.4 Å². The Morgan fingerprint density at radius 2 is 1.96 bits per heavy atom. The number of piperidine rings is 1. The Balaban J connectivity index is 1.61. The summed E-state index contributed by atoms with van der Waals surface area (Å²) in [7, 11) is 0. The molecule has 3 rings (SSSR count). The smallest absolute Gasteiger partial charge is 0.222 e. The zero-order valence-corrected chi connectivity index (χ0v) is 14.6. The number of aliphatic hydroxyl groups is 1. The second-order valence-electron chi connectivity index (χ2n) is 7.06. The molecule has 2 aromatic rings. The van der Waals surface area contributed by atoms with Crippen LogP contribution < -0.4 is 0 Å². The molecule has 0 bridgehead atoms. The van der Waals surface area contributed by atoms with E-state index in [1.807, 2.05) is 41.3 Å². The summed E-state index contributed by atoms with van der Waals surface area (Å²) in [5, 5.41) is 10.1. The molecule has 132 valence electrons. The van der Waals surface area contributed by atoms with E-state index in [4.69, 9.17) is 0 Å². The average Bonchev–Trinajstić information content (AvgIpc) is 2.68. The van der Waals surface area contributed by atoms with Crippen molar-refractivity contribution < 1.29 is 9.90 Å². The summed E-state index contributed by atoms with van der Waals surface area (Å²) in [5.74, 6) is 0.163. The molecule has 0 radical (unpaired) electrons. The van der Waals surface area contributed by atoms with Crippen molar-refractivity contribution >= 4 is 5.91 Å². The molecule has 1 aliphatic rings. The minimum absolute atomic E-state index is 0.117. The summed E-state index contributed by atoms with van der Waals surface area (Å²) >= 11 is 0. The van der Waals surface area contributed by atoms with E-state index >= 15 is 0 Å². The number of aromatic nitrogens is 1. The third kappa shape index (κ3) is 4.67. The Morgan fingerprint density at radius 1 is 1.16 bits per heavy atom. The summed E-state index contributed by atoms with van der Waals surface area (Å²) in [6.07, 6.45) is 5.63. The van der Waals surface area contributed by atoms with Gasteiger partial charge in [-0.25, -0.2) is 0 Å². The van der Waals surface area contributed by atoms with Crippen LogP contribution in [0.1, 0.15) is 30.5 Å². The van der Waals surface area contributed by atoms with Gasteiger partial charge >= 0.3 is 0 Å². The summed E-state index contributed by atoms with van der Waals surface area (Å²) in [5.41, 5.74) is 1.95. The van der Waals surface area contributed by atoms with E-state index in [2.05, 4.69) is 17.1 Å². The molecule has 1 atom stereocenters. The number of pyridine rings is 1. The lowest BCUT2D eigenvalue weighted by atomic mass is 9.75. The number of nitrogens with zero attached hydrogens (tertiary/aromatic N) is 2. The van der Waals surface area contributed by atoms with Crippen LogP contribution in [0.4, 0.5) is 0 Å². The molecule has 1 fully saturated rings. The van der Waals surface area contributed by atoms with Gasteiger partial charge < -0.3 is 10.0 Å². The number of rotatable bonds is 6. The Kier molecular flexibility index (Phi) is 5.82. The van der Waals surface area contributed by atoms with Crippen LogP contribution in [-0.2, 0) is 17.6 Å². The molecule has 2 heterocycles. The zero-order valence-electron chi connectivity index (χ0n) is 14.6. The molecule has 1 aromatic carbocycles. The highest BCUT2D eigenvalue weighted by atomic mass is 16.3. The highest BCUT2D eigenvalue weighted by molar-refractivity contribution is 5.76. The lowest BCUT2D eigenvalue weighted by Crippen LogP contribution is -2.49. The van der Waals surface area contributed by atoms with Crippen LogP contribution in [0, 0.1) is 5.41 Å². The van der Waals surface area contributed by atoms with Crippen LogP contribution in [0.3, 0.4) is 0 Å². The molecular weight excluding hydrogens is 312 g/mol. The van der Waals surface area contributed by atoms with Gasteiger partial charge in [0.05, 0.1) is 6.61 Å². The fourth-order valence-electron chi connectivity index (χ4n) is 3.72. The summed E-state index contributed by atoms with van der Waals surface area (Å²) in [6, 6.07) is 16.0. The van der Waals surface area contributed by atoms with Gasteiger partial charge in [0.15, 0.2) is 0 Å². The molecule has 1 amide bonds. The van der Waals surface area contributed by atoms with Crippen molar-refractivity contribution in [1.29, 1.82) is 0 Å². The van der Waals surface area contributed by atoms with E-state index in [-0.39, 0.29) is 17.9 Å². The van der Waals surface area contributed by atoms with Crippen LogP contribution in [0.15, 0.2) is 54.7 Å². The first-order valence-corrected chi connectivity index (χ1v) is 9.03. The van der Waals surface area contributed by atoms with E-state index in [0.717, 1.165) is 31.5 Å². The fourth-order valence-corrected chi connectivity index (χ4v) is 3.72. The average molecular weight is 338 g/mol. The first-order chi connectivity index (χ1) is 12.2. The predicted octanol–water partition coefficient (Wildman–Crippen LogP) is 2.86. The number of carbonyl (C=O) groups is 1. The highest BCUT2D eigenvalue weighted by Gasteiger charge is 2.36. The van der Waals surface area contributed by atoms with Gasteiger partial charge in [0.2, 0.25) is 5.91 Å². The molecule has 25 heavy (non-hydrogen) atoms. The maximum Gasteiger partial charge on any atom is 0.222 e. The van der Waals surface area contributed by atoms with Crippen molar-refractivity contribution in [2.45, 2.75) is 32.1 Å². The maximum atomic E-state index is 12.6. The van der Waals surface area contributed by atoms with E-state index in [1.165, 1.54) is 5.56 Å². The first kappa shape index (κ1) is 17.6. The zero-order chi connectivity index (χ0) is 17.5. The maximum absolute atomic E-state index is 12.6. The number of aryl methyl sites for hydroxylation is 1. The summed E-state index contributed by atoms with van der Waals surface area (Å²) in [6.45, 7) is 1.54. The van der Waals surface area contributed by atoms with Gasteiger partial charge in [0.25, 0.3) is 0 Å². The molecule has 1 N–H and O–H groups in total. The van der Waals surface area contributed by atoms with Crippen LogP contribution in [0.25, 0.3) is 0 Å². The van der Waals surface area contributed by atoms with Crippen LogP contribution in [0.2, 0.25) is 0 Å². The van der Waals surface area contributed by atoms with Gasteiger partial charge in [-0.1, -0.05) is 36.4 Å². The second kappa shape index (κ2) is 8.26. The van der Waals surface area contributed by atoms with Crippen molar-refractivity contribution in [2.24, 2.45) is 5.41 Å². The minimum atomic E-state index is -0.222. The number of carbonyl (C=O) groups excluding carboxylic acids is 1. The standard InChI is InChI=1S/C21H26N2O2/c24-17-21(15-18-7-2-1-3-8-18)12-6-14-23(16-21)20(25)11-10-19-9-4-5-13-22-19/h1-5,7-9,13,24H,6,10-12,14-17H2. The van der Waals surface area contributed by atoms with Crippen LogP contribution in [-0.4, -0.2) is 40.6 Å². The van der Waals surface area contributed by atoms with E-state index in [1.54, 1.807) is 6.20 Å². The Morgan fingerprint density at radius 3 is 2.68 bits per heavy atom. The quantitative estimate of drug-likeness (QED) is 0.881. The second-order valence-corrected chi connectivity index (χ2v) is 7.06. The monoisotopic (exact) mass is 338 g/mol. The Labute approximate surface area is 149 Å². The Bertz CT molecular complexity index is 675. The fraction of sp³-hybridized carbons (Fsp3) is 0.429. The topological polar surface area (TPSA) is 53.4 Å². The highest BCUT2D eigenvalue weighted by Crippen LogP contribution is 2.33. The van der Waals surface area contributed by atoms with Crippen molar-refractivity contribution in [1.82, 2.24) is 9.88 Å². The van der Waals surface area contributed by atoms with Gasteiger partial charge in [-0.15, -0.1) is 0 Å². The van der Waals surface area contributed by atoms with Crippen molar-refractivity contribution in [3.05, 3.63) is 66.0 Å². The molecule has 4 nitrogen and oxygen atoms in total. The van der Waals surface area contributed by atoms with Gasteiger partial charge in [0, 0.05) is 36.8 Å². The van der Waals surface area contributed by atoms with Crippen LogP contribution >= 0.6 is 0 Å². The third-order valence-corrected chi connectivity index (χ3v) is 5.09. The van der Waals surface area contributed by atoms with Crippen molar-refractivity contribution in [2.75, 3.05) is 19.7 Å². The van der Waals surface area contributed by atoms with Gasteiger partial charge in [-0.2, -0.15) is 0 Å².